The maximum atomic E-state index is 12.8. The average molecular weight is 341 g/mol. The Balaban J connectivity index is 0.00000192. The van der Waals surface area contributed by atoms with Gasteiger partial charge in [-0.3, -0.25) is 9.48 Å². The Morgan fingerprint density at radius 1 is 1.30 bits per heavy atom. The predicted molar refractivity (Wildman–Crippen MR) is 94.1 cm³/mol. The summed E-state index contributed by atoms with van der Waals surface area (Å²) in [6.45, 7) is 7.34. The Kier molecular flexibility index (Phi) is 6.48. The molecular weight excluding hydrogens is 312 g/mol. The maximum Gasteiger partial charge on any atom is 0.274 e. The molecule has 2 saturated heterocycles. The number of carbonyl (C=O) groups excluding carboxylic acids is 1. The van der Waals surface area contributed by atoms with Crippen LogP contribution in [0.2, 0.25) is 0 Å². The fourth-order valence-corrected chi connectivity index (χ4v) is 3.76. The van der Waals surface area contributed by atoms with Crippen LogP contribution in [0.1, 0.15) is 62.5 Å². The quantitative estimate of drug-likeness (QED) is 0.920. The molecule has 2 atom stereocenters. The monoisotopic (exact) mass is 340 g/mol. The van der Waals surface area contributed by atoms with Gasteiger partial charge in [0.1, 0.15) is 5.69 Å². The van der Waals surface area contributed by atoms with E-state index in [1.807, 2.05) is 16.9 Å². The van der Waals surface area contributed by atoms with Crippen molar-refractivity contribution in [3.05, 3.63) is 18.0 Å². The highest BCUT2D eigenvalue weighted by atomic mass is 35.5. The summed E-state index contributed by atoms with van der Waals surface area (Å²) in [5.74, 6) is 0.620. The Morgan fingerprint density at radius 2 is 2.13 bits per heavy atom. The largest absolute Gasteiger partial charge is 0.334 e. The molecule has 5 nitrogen and oxygen atoms in total. The number of rotatable bonds is 3. The minimum Gasteiger partial charge on any atom is -0.334 e. The highest BCUT2D eigenvalue weighted by Gasteiger charge is 2.30. The van der Waals surface area contributed by atoms with E-state index in [4.69, 9.17) is 0 Å². The zero-order valence-corrected chi connectivity index (χ0v) is 15.0. The number of aromatic nitrogens is 2. The minimum absolute atomic E-state index is 0. The van der Waals surface area contributed by atoms with Crippen molar-refractivity contribution in [2.75, 3.05) is 19.6 Å². The van der Waals surface area contributed by atoms with E-state index >= 15 is 0 Å². The number of piperidine rings is 2. The van der Waals surface area contributed by atoms with Gasteiger partial charge in [0.15, 0.2) is 0 Å². The number of nitrogens with one attached hydrogen (secondary N) is 1. The molecule has 0 aromatic carbocycles. The van der Waals surface area contributed by atoms with Gasteiger partial charge in [0, 0.05) is 25.3 Å². The molecule has 0 aliphatic carbocycles. The molecule has 2 aliphatic heterocycles. The number of halogens is 1. The molecule has 6 heteroatoms. The fraction of sp³-hybridized carbons (Fsp3) is 0.765. The van der Waals surface area contributed by atoms with E-state index in [2.05, 4.69) is 29.2 Å². The summed E-state index contributed by atoms with van der Waals surface area (Å²) >= 11 is 0. The van der Waals surface area contributed by atoms with Crippen LogP contribution in [-0.4, -0.2) is 46.3 Å². The first kappa shape index (κ1) is 18.3. The highest BCUT2D eigenvalue weighted by molar-refractivity contribution is 5.92. The van der Waals surface area contributed by atoms with Crippen LogP contribution in [0.3, 0.4) is 0 Å². The molecule has 130 valence electrons. The summed E-state index contributed by atoms with van der Waals surface area (Å²) in [4.78, 5) is 14.9. The van der Waals surface area contributed by atoms with Gasteiger partial charge in [-0.25, -0.2) is 0 Å². The van der Waals surface area contributed by atoms with Crippen molar-refractivity contribution in [1.82, 2.24) is 20.0 Å². The van der Waals surface area contributed by atoms with E-state index in [0.717, 1.165) is 38.9 Å². The third kappa shape index (κ3) is 4.07. The second-order valence-corrected chi connectivity index (χ2v) is 6.99. The summed E-state index contributed by atoms with van der Waals surface area (Å²) in [5.41, 5.74) is 0.609. The second-order valence-electron chi connectivity index (χ2n) is 6.99. The summed E-state index contributed by atoms with van der Waals surface area (Å²) < 4.78 is 1.98. The lowest BCUT2D eigenvalue weighted by atomic mass is 9.92. The van der Waals surface area contributed by atoms with Gasteiger partial charge in [-0.2, -0.15) is 5.10 Å². The van der Waals surface area contributed by atoms with Crippen molar-refractivity contribution < 1.29 is 4.79 Å². The van der Waals surface area contributed by atoms with Crippen molar-refractivity contribution in [1.29, 1.82) is 0 Å². The lowest BCUT2D eigenvalue weighted by molar-refractivity contribution is 0.0536. The smallest absolute Gasteiger partial charge is 0.274 e. The topological polar surface area (TPSA) is 50.2 Å². The standard InChI is InChI=1S/C17H28N4O.ClH/c1-13(2)16-7-3-4-10-20(16)17(22)15-8-11-21(19-15)14-6-5-9-18-12-14;/h8,11,13-14,16,18H,3-7,9-10,12H2,1-2H3;1H. The number of amides is 1. The summed E-state index contributed by atoms with van der Waals surface area (Å²) in [7, 11) is 0. The summed E-state index contributed by atoms with van der Waals surface area (Å²) in [5, 5.41) is 7.99. The SMILES string of the molecule is CC(C)C1CCCCN1C(=O)c1ccn(C2CCCNC2)n1.Cl. The van der Waals surface area contributed by atoms with Gasteiger partial charge in [0.2, 0.25) is 0 Å². The molecule has 2 aliphatic rings. The van der Waals surface area contributed by atoms with E-state index < -0.39 is 0 Å². The van der Waals surface area contributed by atoms with Gasteiger partial charge < -0.3 is 10.2 Å². The van der Waals surface area contributed by atoms with Crippen LogP contribution in [0.5, 0.6) is 0 Å². The molecule has 0 spiro atoms. The normalized spacial score (nSPS) is 25.3. The molecule has 23 heavy (non-hydrogen) atoms. The fourth-order valence-electron chi connectivity index (χ4n) is 3.76. The van der Waals surface area contributed by atoms with Crippen LogP contribution in [-0.2, 0) is 0 Å². The molecule has 3 heterocycles. The molecule has 2 unspecified atom stereocenters. The van der Waals surface area contributed by atoms with Gasteiger partial charge in [0.25, 0.3) is 5.91 Å². The number of hydrogen-bond donors (Lipinski definition) is 1. The molecule has 0 radical (unpaired) electrons. The average Bonchev–Trinajstić information content (AvgIpc) is 3.05. The van der Waals surface area contributed by atoms with Gasteiger partial charge in [-0.1, -0.05) is 13.8 Å². The Bertz CT molecular complexity index is 510. The van der Waals surface area contributed by atoms with Crippen LogP contribution < -0.4 is 5.32 Å². The van der Waals surface area contributed by atoms with Crippen LogP contribution in [0, 0.1) is 5.92 Å². The molecular formula is C17H29ClN4O. The Labute approximate surface area is 145 Å². The molecule has 1 amide bonds. The first-order valence-corrected chi connectivity index (χ1v) is 8.73. The van der Waals surface area contributed by atoms with Crippen molar-refractivity contribution in [3.63, 3.8) is 0 Å². The van der Waals surface area contributed by atoms with Crippen LogP contribution in [0.4, 0.5) is 0 Å². The third-order valence-electron chi connectivity index (χ3n) is 5.05. The lowest BCUT2D eigenvalue weighted by Crippen LogP contribution is -2.46. The van der Waals surface area contributed by atoms with E-state index in [0.29, 0.717) is 23.7 Å². The number of likely N-dealkylation sites (tertiary alicyclic amines) is 1. The van der Waals surface area contributed by atoms with E-state index in [9.17, 15) is 4.79 Å². The third-order valence-corrected chi connectivity index (χ3v) is 5.05. The summed E-state index contributed by atoms with van der Waals surface area (Å²) in [6.07, 6.45) is 7.75. The van der Waals surface area contributed by atoms with E-state index in [1.54, 1.807) is 0 Å². The van der Waals surface area contributed by atoms with Crippen LogP contribution in [0.15, 0.2) is 12.3 Å². The van der Waals surface area contributed by atoms with Crippen LogP contribution >= 0.6 is 12.4 Å². The zero-order chi connectivity index (χ0) is 15.5. The Hall–Kier alpha value is -1.07. The predicted octanol–water partition coefficient (Wildman–Crippen LogP) is 2.88. The molecule has 0 saturated carbocycles. The van der Waals surface area contributed by atoms with Gasteiger partial charge >= 0.3 is 0 Å². The van der Waals surface area contributed by atoms with Crippen molar-refractivity contribution in [2.45, 2.75) is 58.0 Å². The van der Waals surface area contributed by atoms with Gasteiger partial charge in [0.05, 0.1) is 6.04 Å². The molecule has 3 rings (SSSR count). The maximum absolute atomic E-state index is 12.8. The lowest BCUT2D eigenvalue weighted by Gasteiger charge is -2.37. The number of hydrogen-bond acceptors (Lipinski definition) is 3. The van der Waals surface area contributed by atoms with Crippen molar-refractivity contribution >= 4 is 18.3 Å². The van der Waals surface area contributed by atoms with Gasteiger partial charge in [-0.15, -0.1) is 12.4 Å². The van der Waals surface area contributed by atoms with Gasteiger partial charge in [-0.05, 0) is 50.6 Å². The second kappa shape index (κ2) is 8.15. The molecule has 1 N–H and O–H groups in total. The molecule has 2 fully saturated rings. The Morgan fingerprint density at radius 3 is 2.83 bits per heavy atom. The molecule has 1 aromatic rings. The number of carbonyl (C=O) groups is 1. The van der Waals surface area contributed by atoms with Crippen LogP contribution in [0.25, 0.3) is 0 Å². The summed E-state index contributed by atoms with van der Waals surface area (Å²) in [6, 6.07) is 2.64. The number of nitrogens with zero attached hydrogens (tertiary/aromatic N) is 3. The van der Waals surface area contributed by atoms with Crippen molar-refractivity contribution in [3.8, 4) is 0 Å². The molecule has 0 bridgehead atoms. The first-order valence-electron chi connectivity index (χ1n) is 8.73. The highest BCUT2D eigenvalue weighted by Crippen LogP contribution is 2.25. The van der Waals surface area contributed by atoms with Crippen molar-refractivity contribution in [2.24, 2.45) is 5.92 Å². The van der Waals surface area contributed by atoms with E-state index in [-0.39, 0.29) is 18.3 Å². The van der Waals surface area contributed by atoms with E-state index in [1.165, 1.54) is 12.8 Å². The molecule has 1 aromatic heterocycles. The minimum atomic E-state index is 0. The first-order chi connectivity index (χ1) is 10.7. The zero-order valence-electron chi connectivity index (χ0n) is 14.2.